The van der Waals surface area contributed by atoms with Crippen LogP contribution in [0.2, 0.25) is 0 Å². The van der Waals surface area contributed by atoms with Crippen LogP contribution in [0, 0.1) is 13.5 Å². The molecule has 4 nitrogen and oxygen atoms in total. The van der Waals surface area contributed by atoms with Crippen LogP contribution in [0.15, 0.2) is 36.5 Å². The van der Waals surface area contributed by atoms with Gasteiger partial charge < -0.3 is 5.11 Å². The van der Waals surface area contributed by atoms with Crippen LogP contribution in [0.25, 0.3) is 26.9 Å². The van der Waals surface area contributed by atoms with Crippen molar-refractivity contribution in [2.75, 3.05) is 0 Å². The summed E-state index contributed by atoms with van der Waals surface area (Å²) >= 11 is 0. The molecule has 1 aromatic heterocycles. The van der Waals surface area contributed by atoms with Crippen molar-refractivity contribution in [1.29, 1.82) is 0 Å². The van der Waals surface area contributed by atoms with Gasteiger partial charge in [0.25, 0.3) is 0 Å². The van der Waals surface area contributed by atoms with Gasteiger partial charge in [-0.3, -0.25) is 4.68 Å². The first-order valence-electron chi connectivity index (χ1n) is 6.23. The maximum Gasteiger partial charge on any atom is 0.190 e. The van der Waals surface area contributed by atoms with Gasteiger partial charge in [0.05, 0.1) is 18.3 Å². The number of aryl methyl sites for hydroxylation is 2. The molecule has 20 heavy (non-hydrogen) atoms. The summed E-state index contributed by atoms with van der Waals surface area (Å²) < 4.78 is 1.75. The Kier molecular flexibility index (Phi) is 2.69. The third-order valence-corrected chi connectivity index (χ3v) is 3.50. The monoisotopic (exact) mass is 263 g/mol. The van der Waals surface area contributed by atoms with Crippen LogP contribution >= 0.6 is 0 Å². The van der Waals surface area contributed by atoms with Gasteiger partial charge in [-0.25, -0.2) is 4.85 Å². The Bertz CT molecular complexity index is 856. The highest BCUT2D eigenvalue weighted by Crippen LogP contribution is 2.35. The largest absolute Gasteiger partial charge is 0.508 e. The van der Waals surface area contributed by atoms with E-state index in [-0.39, 0.29) is 5.75 Å². The number of phenolic OH excluding ortho intramolecular Hbond substituents is 1. The van der Waals surface area contributed by atoms with E-state index in [9.17, 15) is 5.11 Å². The number of rotatable bonds is 1. The number of nitrogens with zero attached hydrogens (tertiary/aromatic N) is 3. The smallest absolute Gasteiger partial charge is 0.190 e. The van der Waals surface area contributed by atoms with Crippen molar-refractivity contribution in [2.24, 2.45) is 7.05 Å². The predicted octanol–water partition coefficient (Wildman–Crippen LogP) is 3.81. The van der Waals surface area contributed by atoms with Crippen LogP contribution in [0.5, 0.6) is 5.75 Å². The van der Waals surface area contributed by atoms with Gasteiger partial charge in [0, 0.05) is 12.4 Å². The second-order valence-corrected chi connectivity index (χ2v) is 4.81. The van der Waals surface area contributed by atoms with E-state index in [4.69, 9.17) is 6.57 Å². The Morgan fingerprint density at radius 3 is 2.75 bits per heavy atom. The summed E-state index contributed by atoms with van der Waals surface area (Å²) in [6, 6.07) is 9.21. The van der Waals surface area contributed by atoms with E-state index in [0.29, 0.717) is 5.69 Å². The number of phenols is 1. The van der Waals surface area contributed by atoms with Gasteiger partial charge in [0.15, 0.2) is 5.69 Å². The fourth-order valence-corrected chi connectivity index (χ4v) is 2.31. The average molecular weight is 263 g/mol. The van der Waals surface area contributed by atoms with Gasteiger partial charge >= 0.3 is 0 Å². The molecule has 0 aliphatic rings. The third kappa shape index (κ3) is 1.81. The van der Waals surface area contributed by atoms with Crippen molar-refractivity contribution in [3.63, 3.8) is 0 Å². The van der Waals surface area contributed by atoms with Crippen LogP contribution in [0.4, 0.5) is 5.69 Å². The summed E-state index contributed by atoms with van der Waals surface area (Å²) in [5, 5.41) is 15.1. The molecule has 0 amide bonds. The van der Waals surface area contributed by atoms with Crippen LogP contribution in [0.3, 0.4) is 0 Å². The predicted molar refractivity (Wildman–Crippen MR) is 78.8 cm³/mol. The Hall–Kier alpha value is -2.80. The molecule has 0 radical (unpaired) electrons. The molecule has 3 rings (SSSR count). The number of aromatic nitrogens is 2. The van der Waals surface area contributed by atoms with E-state index in [1.54, 1.807) is 16.9 Å². The zero-order valence-corrected chi connectivity index (χ0v) is 11.3. The highest BCUT2D eigenvalue weighted by molar-refractivity contribution is 5.97. The Balaban J connectivity index is 2.34. The van der Waals surface area contributed by atoms with E-state index in [1.165, 1.54) is 0 Å². The number of aromatic hydroxyl groups is 1. The first-order chi connectivity index (χ1) is 9.60. The summed E-state index contributed by atoms with van der Waals surface area (Å²) in [4.78, 5) is 3.51. The molecule has 98 valence electrons. The topological polar surface area (TPSA) is 42.4 Å². The summed E-state index contributed by atoms with van der Waals surface area (Å²) in [6.45, 7) is 9.08. The van der Waals surface area contributed by atoms with Crippen molar-refractivity contribution in [1.82, 2.24) is 9.78 Å². The van der Waals surface area contributed by atoms with E-state index in [0.717, 1.165) is 27.6 Å². The second-order valence-electron chi connectivity index (χ2n) is 4.81. The first kappa shape index (κ1) is 12.2. The molecular formula is C16H13N3O. The summed E-state index contributed by atoms with van der Waals surface area (Å²) in [5.41, 5.74) is 4.11. The lowest BCUT2D eigenvalue weighted by Gasteiger charge is -2.07. The SMILES string of the molecule is [C-]#[N+]c1cc(-c2ccc(C)c(O)c2)c2cnn(C)c2c1. The normalized spacial score (nSPS) is 10.7. The molecule has 0 aliphatic carbocycles. The molecule has 0 aliphatic heterocycles. The van der Waals surface area contributed by atoms with Gasteiger partial charge in [-0.15, -0.1) is 0 Å². The fraction of sp³-hybridized carbons (Fsp3) is 0.125. The van der Waals surface area contributed by atoms with Gasteiger partial charge in [-0.2, -0.15) is 5.10 Å². The van der Waals surface area contributed by atoms with Gasteiger partial charge in [0.2, 0.25) is 0 Å². The molecule has 0 fully saturated rings. The van der Waals surface area contributed by atoms with Gasteiger partial charge in [-0.05, 0) is 41.8 Å². The lowest BCUT2D eigenvalue weighted by Crippen LogP contribution is -1.88. The number of benzene rings is 2. The Labute approximate surface area is 116 Å². The van der Waals surface area contributed by atoms with E-state index >= 15 is 0 Å². The lowest BCUT2D eigenvalue weighted by atomic mass is 9.99. The maximum absolute atomic E-state index is 9.88. The highest BCUT2D eigenvalue weighted by Gasteiger charge is 2.11. The Morgan fingerprint density at radius 1 is 1.25 bits per heavy atom. The maximum atomic E-state index is 9.88. The van der Waals surface area contributed by atoms with Gasteiger partial charge in [-0.1, -0.05) is 12.1 Å². The van der Waals surface area contributed by atoms with Crippen molar-refractivity contribution < 1.29 is 5.11 Å². The van der Waals surface area contributed by atoms with Crippen molar-refractivity contribution in [2.45, 2.75) is 6.92 Å². The fourth-order valence-electron chi connectivity index (χ4n) is 2.31. The molecule has 3 aromatic rings. The van der Waals surface area contributed by atoms with Crippen LogP contribution in [-0.2, 0) is 7.05 Å². The summed E-state index contributed by atoms with van der Waals surface area (Å²) in [6.07, 6.45) is 1.79. The highest BCUT2D eigenvalue weighted by atomic mass is 16.3. The quantitative estimate of drug-likeness (QED) is 0.678. The van der Waals surface area contributed by atoms with E-state index in [2.05, 4.69) is 9.94 Å². The van der Waals surface area contributed by atoms with Crippen LogP contribution in [0.1, 0.15) is 5.56 Å². The molecule has 0 saturated heterocycles. The molecule has 0 unspecified atom stereocenters. The number of fused-ring (bicyclic) bond motifs is 1. The zero-order valence-electron chi connectivity index (χ0n) is 11.3. The Morgan fingerprint density at radius 2 is 2.05 bits per heavy atom. The molecule has 0 atom stereocenters. The second kappa shape index (κ2) is 4.39. The molecule has 1 heterocycles. The molecule has 1 N–H and O–H groups in total. The van der Waals surface area contributed by atoms with E-state index < -0.39 is 0 Å². The molecular weight excluding hydrogens is 250 g/mol. The van der Waals surface area contributed by atoms with E-state index in [1.807, 2.05) is 38.2 Å². The number of hydrogen-bond acceptors (Lipinski definition) is 2. The standard InChI is InChI=1S/C16H13N3O/c1-10-4-5-11(6-16(10)20)13-7-12(17-2)8-15-14(13)9-18-19(15)3/h4-9,20H,1,3H3. The number of hydrogen-bond donors (Lipinski definition) is 1. The lowest BCUT2D eigenvalue weighted by molar-refractivity contribution is 0.471. The van der Waals surface area contributed by atoms with Crippen molar-refractivity contribution >= 4 is 16.6 Å². The average Bonchev–Trinajstić information content (AvgIpc) is 2.82. The molecule has 0 bridgehead atoms. The minimum Gasteiger partial charge on any atom is -0.508 e. The van der Waals surface area contributed by atoms with Crippen molar-refractivity contribution in [3.05, 3.63) is 53.5 Å². The molecule has 0 saturated carbocycles. The summed E-state index contributed by atoms with van der Waals surface area (Å²) in [5.74, 6) is 0.257. The third-order valence-electron chi connectivity index (χ3n) is 3.50. The molecule has 0 spiro atoms. The van der Waals surface area contributed by atoms with Crippen LogP contribution < -0.4 is 0 Å². The zero-order chi connectivity index (χ0) is 14.3. The van der Waals surface area contributed by atoms with Gasteiger partial charge in [0.1, 0.15) is 5.75 Å². The minimum atomic E-state index is 0.257. The molecule has 2 aromatic carbocycles. The molecule has 4 heteroatoms. The minimum absolute atomic E-state index is 0.257. The van der Waals surface area contributed by atoms with Crippen molar-refractivity contribution in [3.8, 4) is 16.9 Å². The summed E-state index contributed by atoms with van der Waals surface area (Å²) in [7, 11) is 1.85. The van der Waals surface area contributed by atoms with Crippen LogP contribution in [-0.4, -0.2) is 14.9 Å². The first-order valence-corrected chi connectivity index (χ1v) is 6.23.